The van der Waals surface area contributed by atoms with Crippen LogP contribution in [0.5, 0.6) is 0 Å². The summed E-state index contributed by atoms with van der Waals surface area (Å²) in [4.78, 5) is 13.4. The first-order valence-electron chi connectivity index (χ1n) is 3.67. The first-order valence-corrected chi connectivity index (χ1v) is 3.67. The molecule has 1 aromatic rings. The summed E-state index contributed by atoms with van der Waals surface area (Å²) in [6, 6.07) is 3.02. The van der Waals surface area contributed by atoms with E-state index < -0.39 is 0 Å². The Morgan fingerprint density at radius 2 is 2.50 bits per heavy atom. The highest BCUT2D eigenvalue weighted by Gasteiger charge is 2.04. The number of aromatic nitrogens is 1. The van der Waals surface area contributed by atoms with Gasteiger partial charge in [0.25, 0.3) is 0 Å². The van der Waals surface area contributed by atoms with E-state index in [1.54, 1.807) is 19.4 Å². The maximum atomic E-state index is 10.8. The Kier molecular flexibility index (Phi) is 3.01. The van der Waals surface area contributed by atoms with Gasteiger partial charge >= 0.3 is 0 Å². The number of methoxy groups -OCH3 is 1. The van der Waals surface area contributed by atoms with Crippen molar-refractivity contribution in [3.63, 3.8) is 0 Å². The summed E-state index contributed by atoms with van der Waals surface area (Å²) in [6.45, 7) is 0.420. The minimum atomic E-state index is -0.225. The lowest BCUT2D eigenvalue weighted by atomic mass is 10.1. The van der Waals surface area contributed by atoms with E-state index in [0.29, 0.717) is 6.61 Å². The van der Waals surface area contributed by atoms with Crippen LogP contribution < -0.4 is 11.3 Å². The first-order chi connectivity index (χ1) is 5.74. The van der Waals surface area contributed by atoms with Gasteiger partial charge in [-0.3, -0.25) is 4.79 Å². The summed E-state index contributed by atoms with van der Waals surface area (Å²) >= 11 is 0. The topological polar surface area (TPSA) is 68.1 Å². The monoisotopic (exact) mass is 168 g/mol. The Morgan fingerprint density at radius 1 is 1.75 bits per heavy atom. The Labute approximate surface area is 70.4 Å². The molecule has 0 aliphatic heterocycles. The molecule has 0 radical (unpaired) electrons. The summed E-state index contributed by atoms with van der Waals surface area (Å²) < 4.78 is 4.86. The van der Waals surface area contributed by atoms with Crippen LogP contribution >= 0.6 is 0 Å². The molecule has 0 fully saturated rings. The molecule has 0 spiro atoms. The highest BCUT2D eigenvalue weighted by Crippen LogP contribution is 2.05. The van der Waals surface area contributed by atoms with Crippen LogP contribution in [0, 0.1) is 0 Å². The molecule has 1 rings (SSSR count). The second-order valence-electron chi connectivity index (χ2n) is 2.55. The molecule has 1 heterocycles. The SMILES string of the molecule is COC[C@H](N)c1cc[nH]c(=O)c1. The molecule has 0 aliphatic carbocycles. The van der Waals surface area contributed by atoms with Gasteiger partial charge in [0.15, 0.2) is 0 Å². The zero-order valence-corrected chi connectivity index (χ0v) is 6.91. The second kappa shape index (κ2) is 4.04. The lowest BCUT2D eigenvalue weighted by molar-refractivity contribution is 0.181. The Balaban J connectivity index is 2.80. The normalized spacial score (nSPS) is 12.8. The van der Waals surface area contributed by atoms with Crippen LogP contribution in [0.3, 0.4) is 0 Å². The summed E-state index contributed by atoms with van der Waals surface area (Å²) in [5, 5.41) is 0. The smallest absolute Gasteiger partial charge is 0.248 e. The van der Waals surface area contributed by atoms with Crippen molar-refractivity contribution in [3.05, 3.63) is 34.2 Å². The van der Waals surface area contributed by atoms with Crippen LogP contribution in [0.25, 0.3) is 0 Å². The lowest BCUT2D eigenvalue weighted by Gasteiger charge is -2.08. The molecule has 4 heteroatoms. The van der Waals surface area contributed by atoms with Gasteiger partial charge in [-0.1, -0.05) is 0 Å². The molecule has 0 bridgehead atoms. The van der Waals surface area contributed by atoms with Crippen molar-refractivity contribution >= 4 is 0 Å². The fourth-order valence-electron chi connectivity index (χ4n) is 0.968. The molecule has 1 aromatic heterocycles. The van der Waals surface area contributed by atoms with Gasteiger partial charge in [0.05, 0.1) is 12.6 Å². The number of hydrogen-bond acceptors (Lipinski definition) is 3. The molecule has 1 atom stereocenters. The van der Waals surface area contributed by atoms with E-state index >= 15 is 0 Å². The third-order valence-electron chi connectivity index (χ3n) is 1.57. The van der Waals surface area contributed by atoms with Crippen LogP contribution in [-0.4, -0.2) is 18.7 Å². The van der Waals surface area contributed by atoms with E-state index in [1.165, 1.54) is 6.07 Å². The van der Waals surface area contributed by atoms with Crippen LogP contribution in [0.1, 0.15) is 11.6 Å². The Hall–Kier alpha value is -1.13. The molecule has 4 nitrogen and oxygen atoms in total. The predicted molar refractivity (Wildman–Crippen MR) is 45.9 cm³/mol. The minimum Gasteiger partial charge on any atom is -0.383 e. The molecule has 0 amide bonds. The van der Waals surface area contributed by atoms with Crippen molar-refractivity contribution in [1.82, 2.24) is 4.98 Å². The van der Waals surface area contributed by atoms with E-state index in [4.69, 9.17) is 10.5 Å². The first kappa shape index (κ1) is 8.96. The molecule has 12 heavy (non-hydrogen) atoms. The molecular formula is C8H12N2O2. The van der Waals surface area contributed by atoms with E-state index in [0.717, 1.165) is 5.56 Å². The standard InChI is InChI=1S/C8H12N2O2/c1-12-5-7(9)6-2-3-10-8(11)4-6/h2-4,7H,5,9H2,1H3,(H,10,11)/t7-/m0/s1. The van der Waals surface area contributed by atoms with Gasteiger partial charge in [-0.05, 0) is 11.6 Å². The van der Waals surface area contributed by atoms with Gasteiger partial charge in [-0.2, -0.15) is 0 Å². The number of rotatable bonds is 3. The van der Waals surface area contributed by atoms with Gasteiger partial charge in [-0.25, -0.2) is 0 Å². The van der Waals surface area contributed by atoms with E-state index in [2.05, 4.69) is 4.98 Å². The number of H-pyrrole nitrogens is 1. The summed E-state index contributed by atoms with van der Waals surface area (Å²) in [7, 11) is 1.58. The minimum absolute atomic E-state index is 0.140. The molecule has 3 N–H and O–H groups in total. The van der Waals surface area contributed by atoms with Crippen LogP contribution in [-0.2, 0) is 4.74 Å². The van der Waals surface area contributed by atoms with Gasteiger partial charge in [0.2, 0.25) is 5.56 Å². The van der Waals surface area contributed by atoms with Gasteiger partial charge < -0.3 is 15.5 Å². The summed E-state index contributed by atoms with van der Waals surface area (Å²) in [5.74, 6) is 0. The number of hydrogen-bond donors (Lipinski definition) is 2. The molecule has 0 saturated carbocycles. The number of nitrogens with one attached hydrogen (secondary N) is 1. The molecular weight excluding hydrogens is 156 g/mol. The van der Waals surface area contributed by atoms with Crippen molar-refractivity contribution in [1.29, 1.82) is 0 Å². The lowest BCUT2D eigenvalue weighted by Crippen LogP contribution is -2.18. The maximum absolute atomic E-state index is 10.8. The maximum Gasteiger partial charge on any atom is 0.248 e. The molecule has 0 aromatic carbocycles. The van der Waals surface area contributed by atoms with Crippen LogP contribution in [0.15, 0.2) is 23.1 Å². The number of pyridine rings is 1. The molecule has 0 saturated heterocycles. The van der Waals surface area contributed by atoms with Gasteiger partial charge in [0.1, 0.15) is 0 Å². The van der Waals surface area contributed by atoms with Crippen molar-refractivity contribution < 1.29 is 4.74 Å². The summed E-state index contributed by atoms with van der Waals surface area (Å²) in [5.41, 5.74) is 6.35. The number of ether oxygens (including phenoxy) is 1. The van der Waals surface area contributed by atoms with Crippen LogP contribution in [0.4, 0.5) is 0 Å². The van der Waals surface area contributed by atoms with Crippen molar-refractivity contribution in [2.45, 2.75) is 6.04 Å². The van der Waals surface area contributed by atoms with Crippen molar-refractivity contribution in [3.8, 4) is 0 Å². The largest absolute Gasteiger partial charge is 0.383 e. The van der Waals surface area contributed by atoms with E-state index in [-0.39, 0.29) is 11.6 Å². The molecule has 66 valence electrons. The fourth-order valence-corrected chi connectivity index (χ4v) is 0.968. The molecule has 0 aliphatic rings. The number of nitrogens with two attached hydrogens (primary N) is 1. The van der Waals surface area contributed by atoms with E-state index in [9.17, 15) is 4.79 Å². The third kappa shape index (κ3) is 2.18. The third-order valence-corrected chi connectivity index (χ3v) is 1.57. The fraction of sp³-hybridized carbons (Fsp3) is 0.375. The second-order valence-corrected chi connectivity index (χ2v) is 2.55. The van der Waals surface area contributed by atoms with Gasteiger partial charge in [0, 0.05) is 19.4 Å². The number of aromatic amines is 1. The predicted octanol–water partition coefficient (Wildman–Crippen LogP) is 0.0211. The zero-order valence-electron chi connectivity index (χ0n) is 6.91. The zero-order chi connectivity index (χ0) is 8.97. The van der Waals surface area contributed by atoms with Crippen molar-refractivity contribution in [2.24, 2.45) is 5.73 Å². The van der Waals surface area contributed by atoms with Crippen molar-refractivity contribution in [2.75, 3.05) is 13.7 Å². The average molecular weight is 168 g/mol. The van der Waals surface area contributed by atoms with E-state index in [1.807, 2.05) is 0 Å². The highest BCUT2D eigenvalue weighted by atomic mass is 16.5. The quantitative estimate of drug-likeness (QED) is 0.668. The molecule has 0 unspecified atom stereocenters. The average Bonchev–Trinajstić information content (AvgIpc) is 2.05. The van der Waals surface area contributed by atoms with Crippen LogP contribution in [0.2, 0.25) is 0 Å². The summed E-state index contributed by atoms with van der Waals surface area (Å²) in [6.07, 6.45) is 1.58. The Morgan fingerprint density at radius 3 is 3.08 bits per heavy atom. The Bertz CT molecular complexity index is 295. The van der Waals surface area contributed by atoms with Gasteiger partial charge in [-0.15, -0.1) is 0 Å². The highest BCUT2D eigenvalue weighted by molar-refractivity contribution is 5.14.